The van der Waals surface area contributed by atoms with Crippen LogP contribution in [0.5, 0.6) is 0 Å². The van der Waals surface area contributed by atoms with Gasteiger partial charge in [-0.15, -0.1) is 34.2 Å². The van der Waals surface area contributed by atoms with E-state index in [2.05, 4.69) is 56.2 Å². The minimum absolute atomic E-state index is 0. The van der Waals surface area contributed by atoms with Gasteiger partial charge in [0.1, 0.15) is 12.2 Å². The van der Waals surface area contributed by atoms with E-state index in [1.807, 2.05) is 6.33 Å². The first-order chi connectivity index (χ1) is 12.8. The van der Waals surface area contributed by atoms with Gasteiger partial charge in [-0.25, -0.2) is 0 Å². The number of guanidine groups is 1. The Morgan fingerprint density at radius 2 is 2.07 bits per heavy atom. The van der Waals surface area contributed by atoms with E-state index in [1.54, 1.807) is 0 Å². The van der Waals surface area contributed by atoms with Crippen molar-refractivity contribution < 1.29 is 0 Å². The first-order valence-electron chi connectivity index (χ1n) is 9.88. The third-order valence-electron chi connectivity index (χ3n) is 5.45. The average molecular weight is 480 g/mol. The van der Waals surface area contributed by atoms with E-state index in [-0.39, 0.29) is 24.0 Å². The van der Waals surface area contributed by atoms with Gasteiger partial charge < -0.3 is 14.8 Å². The molecule has 1 aromatic heterocycles. The van der Waals surface area contributed by atoms with Gasteiger partial charge in [-0.1, -0.05) is 38.0 Å². The molecule has 0 bridgehead atoms. The van der Waals surface area contributed by atoms with E-state index in [1.165, 1.54) is 36.9 Å². The number of hydrogen-bond acceptors (Lipinski definition) is 3. The Balaban J connectivity index is 0.00000210. The predicted octanol–water partition coefficient (Wildman–Crippen LogP) is 3.41. The molecule has 1 N–H and O–H groups in total. The molecule has 1 aliphatic heterocycles. The number of nitrogens with one attached hydrogen (secondary N) is 1. The van der Waals surface area contributed by atoms with E-state index in [4.69, 9.17) is 4.99 Å². The lowest BCUT2D eigenvalue weighted by Crippen LogP contribution is -2.45. The SMILES string of the molecule is CCc1nncn1CCN=C(NC1CCCC1)N1CCc2ccccc21.I. The van der Waals surface area contributed by atoms with Crippen molar-refractivity contribution in [2.75, 3.05) is 18.0 Å². The van der Waals surface area contributed by atoms with Crippen molar-refractivity contribution in [3.8, 4) is 0 Å². The Bertz CT molecular complexity index is 765. The van der Waals surface area contributed by atoms with Gasteiger partial charge in [0.15, 0.2) is 5.96 Å². The molecule has 0 amide bonds. The highest BCUT2D eigenvalue weighted by Gasteiger charge is 2.25. The van der Waals surface area contributed by atoms with Gasteiger partial charge in [0.2, 0.25) is 0 Å². The van der Waals surface area contributed by atoms with Gasteiger partial charge in [-0.3, -0.25) is 4.99 Å². The molecule has 0 spiro atoms. The number of aromatic nitrogens is 3. The van der Waals surface area contributed by atoms with Crippen LogP contribution >= 0.6 is 24.0 Å². The van der Waals surface area contributed by atoms with Crippen LogP contribution in [0.25, 0.3) is 0 Å². The molecule has 1 aromatic carbocycles. The molecular formula is C20H29IN6. The van der Waals surface area contributed by atoms with E-state index >= 15 is 0 Å². The number of nitrogens with zero attached hydrogens (tertiary/aromatic N) is 5. The normalized spacial score (nSPS) is 17.1. The largest absolute Gasteiger partial charge is 0.353 e. The van der Waals surface area contributed by atoms with Crippen molar-refractivity contribution >= 4 is 35.6 Å². The number of anilines is 1. The molecule has 0 radical (unpaired) electrons. The number of para-hydroxylation sites is 1. The number of aliphatic imine (C=N–C) groups is 1. The first kappa shape index (κ1) is 20.1. The molecule has 7 heteroatoms. The molecule has 27 heavy (non-hydrogen) atoms. The quantitative estimate of drug-likeness (QED) is 0.405. The molecule has 2 aromatic rings. The molecular weight excluding hydrogens is 451 g/mol. The molecule has 0 unspecified atom stereocenters. The van der Waals surface area contributed by atoms with Gasteiger partial charge in [-0.05, 0) is 30.9 Å². The number of benzene rings is 1. The van der Waals surface area contributed by atoms with Gasteiger partial charge >= 0.3 is 0 Å². The molecule has 1 fully saturated rings. The molecule has 4 rings (SSSR count). The summed E-state index contributed by atoms with van der Waals surface area (Å²) in [7, 11) is 0. The van der Waals surface area contributed by atoms with Crippen LogP contribution in [0.1, 0.15) is 44.0 Å². The Kier molecular flexibility index (Phi) is 7.09. The summed E-state index contributed by atoms with van der Waals surface area (Å²) in [5, 5.41) is 11.9. The van der Waals surface area contributed by atoms with Gasteiger partial charge in [-0.2, -0.15) is 0 Å². The van der Waals surface area contributed by atoms with Crippen LogP contribution in [0.2, 0.25) is 0 Å². The summed E-state index contributed by atoms with van der Waals surface area (Å²) in [6.45, 7) is 4.67. The summed E-state index contributed by atoms with van der Waals surface area (Å²) in [6.07, 6.45) is 8.94. The third-order valence-corrected chi connectivity index (χ3v) is 5.45. The van der Waals surface area contributed by atoms with Gasteiger partial charge in [0.05, 0.1) is 6.54 Å². The number of aryl methyl sites for hydroxylation is 1. The van der Waals surface area contributed by atoms with Crippen molar-refractivity contribution in [1.82, 2.24) is 20.1 Å². The van der Waals surface area contributed by atoms with Crippen molar-refractivity contribution in [3.05, 3.63) is 42.0 Å². The van der Waals surface area contributed by atoms with Crippen LogP contribution in [-0.4, -0.2) is 39.9 Å². The summed E-state index contributed by atoms with van der Waals surface area (Å²) >= 11 is 0. The van der Waals surface area contributed by atoms with E-state index in [0.29, 0.717) is 6.04 Å². The fourth-order valence-corrected chi connectivity index (χ4v) is 4.02. The number of fused-ring (bicyclic) bond motifs is 1. The summed E-state index contributed by atoms with van der Waals surface area (Å²) in [5.74, 6) is 2.06. The number of rotatable bonds is 5. The van der Waals surface area contributed by atoms with E-state index < -0.39 is 0 Å². The highest BCUT2D eigenvalue weighted by molar-refractivity contribution is 14.0. The topological polar surface area (TPSA) is 58.3 Å². The van der Waals surface area contributed by atoms with Crippen LogP contribution < -0.4 is 10.2 Å². The molecule has 2 heterocycles. The second-order valence-corrected chi connectivity index (χ2v) is 7.16. The average Bonchev–Trinajstić information content (AvgIpc) is 3.41. The van der Waals surface area contributed by atoms with Crippen molar-refractivity contribution in [2.45, 2.75) is 58.0 Å². The zero-order chi connectivity index (χ0) is 17.8. The maximum atomic E-state index is 4.97. The third kappa shape index (κ3) is 4.62. The van der Waals surface area contributed by atoms with Gasteiger partial charge in [0.25, 0.3) is 0 Å². The van der Waals surface area contributed by atoms with Crippen LogP contribution in [0.3, 0.4) is 0 Å². The van der Waals surface area contributed by atoms with Crippen molar-refractivity contribution in [3.63, 3.8) is 0 Å². The van der Waals surface area contributed by atoms with Crippen LogP contribution in [0, 0.1) is 0 Å². The van der Waals surface area contributed by atoms with Crippen molar-refractivity contribution in [2.24, 2.45) is 4.99 Å². The molecule has 146 valence electrons. The van der Waals surface area contributed by atoms with Crippen LogP contribution in [0.15, 0.2) is 35.6 Å². The summed E-state index contributed by atoms with van der Waals surface area (Å²) in [5.41, 5.74) is 2.72. The maximum Gasteiger partial charge on any atom is 0.198 e. The fraction of sp³-hybridized carbons (Fsp3) is 0.550. The minimum Gasteiger partial charge on any atom is -0.353 e. The van der Waals surface area contributed by atoms with Gasteiger partial charge in [0, 0.05) is 31.2 Å². The van der Waals surface area contributed by atoms with Crippen molar-refractivity contribution in [1.29, 1.82) is 0 Å². The predicted molar refractivity (Wildman–Crippen MR) is 120 cm³/mol. The summed E-state index contributed by atoms with van der Waals surface area (Å²) < 4.78 is 2.11. The molecule has 1 saturated carbocycles. The Labute approximate surface area is 178 Å². The molecule has 0 atom stereocenters. The molecule has 6 nitrogen and oxygen atoms in total. The van der Waals surface area contributed by atoms with E-state index in [0.717, 1.165) is 44.3 Å². The highest BCUT2D eigenvalue weighted by Crippen LogP contribution is 2.28. The fourth-order valence-electron chi connectivity index (χ4n) is 4.02. The lowest BCUT2D eigenvalue weighted by atomic mass is 10.2. The maximum absolute atomic E-state index is 4.97. The van der Waals surface area contributed by atoms with E-state index in [9.17, 15) is 0 Å². The summed E-state index contributed by atoms with van der Waals surface area (Å²) in [6, 6.07) is 9.25. The lowest BCUT2D eigenvalue weighted by Gasteiger charge is -2.25. The smallest absolute Gasteiger partial charge is 0.198 e. The Morgan fingerprint density at radius 1 is 1.26 bits per heavy atom. The second-order valence-electron chi connectivity index (χ2n) is 7.16. The monoisotopic (exact) mass is 480 g/mol. The van der Waals surface area contributed by atoms with Crippen LogP contribution in [0.4, 0.5) is 5.69 Å². The zero-order valence-corrected chi connectivity index (χ0v) is 18.3. The molecule has 1 aliphatic carbocycles. The first-order valence-corrected chi connectivity index (χ1v) is 9.88. The minimum atomic E-state index is 0. The zero-order valence-electron chi connectivity index (χ0n) is 16.0. The molecule has 2 aliphatic rings. The lowest BCUT2D eigenvalue weighted by molar-refractivity contribution is 0.615. The Hall–Kier alpha value is -1.64. The summed E-state index contributed by atoms with van der Waals surface area (Å²) in [4.78, 5) is 7.34. The number of halogens is 1. The highest BCUT2D eigenvalue weighted by atomic mass is 127. The number of hydrogen-bond donors (Lipinski definition) is 1. The standard InChI is InChI=1S/C20H28N6.HI/c1-2-19-24-22-15-25(19)14-12-21-20(23-17-8-4-5-9-17)26-13-11-16-7-3-6-10-18(16)26;/h3,6-7,10,15,17H,2,4-5,8-9,11-14H2,1H3,(H,21,23);1H. The van der Waals surface area contributed by atoms with Crippen LogP contribution in [-0.2, 0) is 19.4 Å². The second kappa shape index (κ2) is 9.52. The molecule has 0 saturated heterocycles. The Morgan fingerprint density at radius 3 is 2.89 bits per heavy atom.